The van der Waals surface area contributed by atoms with E-state index >= 15 is 0 Å². The van der Waals surface area contributed by atoms with Crippen molar-refractivity contribution in [3.8, 4) is 0 Å². The SMILES string of the molecule is CC(Nc1nc(C(=O)N2CC[C@@H](O)C2)c2sc(N)cc2n1)c1ccccn1. The van der Waals surface area contributed by atoms with Crippen molar-refractivity contribution >= 4 is 38.4 Å². The van der Waals surface area contributed by atoms with Gasteiger partial charge in [-0.15, -0.1) is 11.3 Å². The average molecular weight is 384 g/mol. The highest BCUT2D eigenvalue weighted by molar-refractivity contribution is 7.22. The van der Waals surface area contributed by atoms with Crippen LogP contribution in [0, 0.1) is 0 Å². The van der Waals surface area contributed by atoms with E-state index in [0.717, 1.165) is 5.69 Å². The number of aliphatic hydroxyl groups is 1. The monoisotopic (exact) mass is 384 g/mol. The summed E-state index contributed by atoms with van der Waals surface area (Å²) in [6, 6.07) is 7.30. The predicted molar refractivity (Wildman–Crippen MR) is 105 cm³/mol. The zero-order valence-electron chi connectivity index (χ0n) is 14.8. The van der Waals surface area contributed by atoms with Gasteiger partial charge in [0.15, 0.2) is 5.69 Å². The fourth-order valence-corrected chi connectivity index (χ4v) is 3.98. The molecule has 1 amide bonds. The Morgan fingerprint density at radius 3 is 3.00 bits per heavy atom. The number of aromatic nitrogens is 3. The van der Waals surface area contributed by atoms with Gasteiger partial charge in [-0.3, -0.25) is 9.78 Å². The van der Waals surface area contributed by atoms with Crippen molar-refractivity contribution < 1.29 is 9.90 Å². The molecule has 3 aromatic heterocycles. The summed E-state index contributed by atoms with van der Waals surface area (Å²) in [5, 5.41) is 13.5. The Labute approximate surface area is 160 Å². The minimum atomic E-state index is -0.485. The normalized spacial score (nSPS) is 18.0. The second-order valence-electron chi connectivity index (χ2n) is 6.57. The molecule has 1 aliphatic rings. The van der Waals surface area contributed by atoms with E-state index in [9.17, 15) is 9.90 Å². The first-order valence-corrected chi connectivity index (χ1v) is 9.55. The second-order valence-corrected chi connectivity index (χ2v) is 7.66. The molecule has 1 fully saturated rings. The Morgan fingerprint density at radius 1 is 1.44 bits per heavy atom. The van der Waals surface area contributed by atoms with Crippen LogP contribution in [-0.2, 0) is 0 Å². The summed E-state index contributed by atoms with van der Waals surface area (Å²) in [5.74, 6) is 0.135. The first-order valence-electron chi connectivity index (χ1n) is 8.73. The second kappa shape index (κ2) is 7.09. The number of rotatable bonds is 4. The number of amides is 1. The van der Waals surface area contributed by atoms with Crippen molar-refractivity contribution in [1.82, 2.24) is 19.9 Å². The molecule has 0 saturated carbocycles. The molecule has 4 N–H and O–H groups in total. The number of aliphatic hydroxyl groups excluding tert-OH is 1. The maximum absolute atomic E-state index is 13.0. The lowest BCUT2D eigenvalue weighted by molar-refractivity contribution is 0.0761. The topological polar surface area (TPSA) is 117 Å². The molecule has 0 spiro atoms. The number of β-amino-alcohol motifs (C(OH)–C–C–N with tert-alkyl or cyclic N) is 1. The Hall–Kier alpha value is -2.78. The molecule has 1 aliphatic heterocycles. The van der Waals surface area contributed by atoms with Crippen molar-refractivity contribution in [1.29, 1.82) is 0 Å². The molecule has 2 atom stereocenters. The van der Waals surface area contributed by atoms with Crippen LogP contribution in [0.5, 0.6) is 0 Å². The third-order valence-electron chi connectivity index (χ3n) is 4.52. The quantitative estimate of drug-likeness (QED) is 0.630. The molecular formula is C18H20N6O2S. The van der Waals surface area contributed by atoms with Crippen LogP contribution in [0.2, 0.25) is 0 Å². The Kier molecular flexibility index (Phi) is 4.63. The van der Waals surface area contributed by atoms with Gasteiger partial charge in [-0.2, -0.15) is 0 Å². The number of anilines is 2. The van der Waals surface area contributed by atoms with E-state index < -0.39 is 6.10 Å². The Morgan fingerprint density at radius 2 is 2.30 bits per heavy atom. The number of carbonyl (C=O) groups excluding carboxylic acids is 1. The number of nitrogens with zero attached hydrogens (tertiary/aromatic N) is 4. The number of nitrogen functional groups attached to an aromatic ring is 1. The van der Waals surface area contributed by atoms with E-state index in [2.05, 4.69) is 20.3 Å². The van der Waals surface area contributed by atoms with Crippen LogP contribution >= 0.6 is 11.3 Å². The summed E-state index contributed by atoms with van der Waals surface area (Å²) < 4.78 is 0.662. The highest BCUT2D eigenvalue weighted by Gasteiger charge is 2.29. The molecule has 9 heteroatoms. The first kappa shape index (κ1) is 17.6. The molecule has 1 unspecified atom stereocenters. The van der Waals surface area contributed by atoms with Gasteiger partial charge >= 0.3 is 0 Å². The Bertz CT molecular complexity index is 977. The van der Waals surface area contributed by atoms with E-state index in [4.69, 9.17) is 5.73 Å². The maximum Gasteiger partial charge on any atom is 0.274 e. The van der Waals surface area contributed by atoms with Gasteiger partial charge in [0.25, 0.3) is 5.91 Å². The molecular weight excluding hydrogens is 364 g/mol. The number of hydrogen-bond donors (Lipinski definition) is 3. The van der Waals surface area contributed by atoms with Crippen molar-refractivity contribution in [2.75, 3.05) is 24.1 Å². The van der Waals surface area contributed by atoms with Crippen molar-refractivity contribution in [3.63, 3.8) is 0 Å². The highest BCUT2D eigenvalue weighted by Crippen LogP contribution is 2.31. The van der Waals surface area contributed by atoms with Crippen LogP contribution in [0.25, 0.3) is 10.2 Å². The van der Waals surface area contributed by atoms with Crippen LogP contribution in [0.3, 0.4) is 0 Å². The van der Waals surface area contributed by atoms with Crippen LogP contribution in [-0.4, -0.2) is 50.1 Å². The molecule has 27 heavy (non-hydrogen) atoms. The molecule has 3 aromatic rings. The summed E-state index contributed by atoms with van der Waals surface area (Å²) in [4.78, 5) is 27.9. The van der Waals surface area contributed by atoms with Gasteiger partial charge in [-0.1, -0.05) is 6.07 Å². The van der Waals surface area contributed by atoms with E-state index in [-0.39, 0.29) is 11.9 Å². The van der Waals surface area contributed by atoms with Crippen molar-refractivity contribution in [2.24, 2.45) is 0 Å². The molecule has 0 radical (unpaired) electrons. The maximum atomic E-state index is 13.0. The molecule has 0 aromatic carbocycles. The molecule has 140 valence electrons. The zero-order valence-corrected chi connectivity index (χ0v) is 15.6. The van der Waals surface area contributed by atoms with E-state index in [1.165, 1.54) is 11.3 Å². The van der Waals surface area contributed by atoms with Gasteiger partial charge in [0.2, 0.25) is 5.95 Å². The van der Waals surface area contributed by atoms with Crippen LogP contribution in [0.15, 0.2) is 30.5 Å². The molecule has 4 heterocycles. The highest BCUT2D eigenvalue weighted by atomic mass is 32.1. The molecule has 4 rings (SSSR count). The number of fused-ring (bicyclic) bond motifs is 1. The smallest absolute Gasteiger partial charge is 0.274 e. The van der Waals surface area contributed by atoms with Crippen LogP contribution in [0.1, 0.15) is 35.6 Å². The first-order chi connectivity index (χ1) is 13.0. The fraction of sp³-hybridized carbons (Fsp3) is 0.333. The van der Waals surface area contributed by atoms with Gasteiger partial charge < -0.3 is 21.1 Å². The van der Waals surface area contributed by atoms with E-state index in [1.807, 2.05) is 25.1 Å². The van der Waals surface area contributed by atoms with Gasteiger partial charge in [0, 0.05) is 19.3 Å². The standard InChI is InChI=1S/C18H20N6O2S/c1-10(12-4-2-3-6-20-12)21-18-22-13-8-14(19)27-16(13)15(23-18)17(26)24-7-5-11(25)9-24/h2-4,6,8,10-11,25H,5,7,9,19H2,1H3,(H,21,22,23)/t10?,11-/m1/s1. The zero-order chi connectivity index (χ0) is 19.0. The number of nitrogens with one attached hydrogen (secondary N) is 1. The lowest BCUT2D eigenvalue weighted by atomic mass is 10.2. The van der Waals surface area contributed by atoms with Crippen molar-refractivity contribution in [2.45, 2.75) is 25.5 Å². The summed E-state index contributed by atoms with van der Waals surface area (Å²) in [6.45, 7) is 2.79. The molecule has 8 nitrogen and oxygen atoms in total. The van der Waals surface area contributed by atoms with Crippen LogP contribution < -0.4 is 11.1 Å². The number of pyridine rings is 1. The number of likely N-dealkylation sites (tertiary alicyclic amines) is 1. The number of nitrogens with two attached hydrogens (primary N) is 1. The largest absolute Gasteiger partial charge is 0.391 e. The average Bonchev–Trinajstić information content (AvgIpc) is 3.26. The van der Waals surface area contributed by atoms with Gasteiger partial charge in [-0.25, -0.2) is 9.97 Å². The number of carbonyl (C=O) groups is 1. The lowest BCUT2D eigenvalue weighted by Crippen LogP contribution is -2.30. The third kappa shape index (κ3) is 3.56. The summed E-state index contributed by atoms with van der Waals surface area (Å²) in [7, 11) is 0. The summed E-state index contributed by atoms with van der Waals surface area (Å²) in [5.41, 5.74) is 7.72. The minimum Gasteiger partial charge on any atom is -0.391 e. The fourth-order valence-electron chi connectivity index (χ4n) is 3.13. The van der Waals surface area contributed by atoms with Crippen LogP contribution in [0.4, 0.5) is 10.9 Å². The molecule has 0 aliphatic carbocycles. The van der Waals surface area contributed by atoms with Gasteiger partial charge in [0.05, 0.1) is 33.1 Å². The minimum absolute atomic E-state index is 0.129. The van der Waals surface area contributed by atoms with E-state index in [1.54, 1.807) is 17.2 Å². The summed E-state index contributed by atoms with van der Waals surface area (Å²) >= 11 is 1.29. The van der Waals surface area contributed by atoms with Gasteiger partial charge in [0.1, 0.15) is 0 Å². The van der Waals surface area contributed by atoms with Gasteiger partial charge in [-0.05, 0) is 31.5 Å². The predicted octanol–water partition coefficient (Wildman–Crippen LogP) is 2.05. The Balaban J connectivity index is 1.69. The lowest BCUT2D eigenvalue weighted by Gasteiger charge is -2.17. The molecule has 1 saturated heterocycles. The van der Waals surface area contributed by atoms with E-state index in [0.29, 0.717) is 46.4 Å². The summed E-state index contributed by atoms with van der Waals surface area (Å²) in [6.07, 6.45) is 1.82. The van der Waals surface area contributed by atoms with Crippen molar-refractivity contribution in [3.05, 3.63) is 41.9 Å². The number of hydrogen-bond acceptors (Lipinski definition) is 8. The molecule has 0 bridgehead atoms. The number of thiophene rings is 1. The third-order valence-corrected chi connectivity index (χ3v) is 5.48.